The van der Waals surface area contributed by atoms with Gasteiger partial charge in [-0.25, -0.2) is 0 Å². The number of carbonyl (C=O) groups excluding carboxylic acids is 1. The Kier molecular flexibility index (Phi) is 5.31. The first kappa shape index (κ1) is 17.2. The number of nitriles is 1. The van der Waals surface area contributed by atoms with Crippen LogP contribution in [-0.4, -0.2) is 5.91 Å². The molecule has 0 aromatic heterocycles. The Morgan fingerprint density at radius 3 is 2.23 bits per heavy atom. The Hall–Kier alpha value is -3.58. The summed E-state index contributed by atoms with van der Waals surface area (Å²) in [7, 11) is 0. The first-order valence-corrected chi connectivity index (χ1v) is 8.25. The summed E-state index contributed by atoms with van der Waals surface area (Å²) in [6, 6.07) is 25.7. The lowest BCUT2D eigenvalue weighted by Crippen LogP contribution is -2.25. The maximum atomic E-state index is 12.8. The average molecular weight is 342 g/mol. The molecular formula is C22H18N2O2. The lowest BCUT2D eigenvalue weighted by molar-refractivity contribution is -0.123. The van der Waals surface area contributed by atoms with E-state index >= 15 is 0 Å². The summed E-state index contributed by atoms with van der Waals surface area (Å²) in [5.41, 5.74) is 3.13. The number of nitrogens with one attached hydrogen (secondary N) is 1. The maximum Gasteiger partial charge on any atom is 0.270 e. The van der Waals surface area contributed by atoms with Crippen molar-refractivity contribution in [3.05, 3.63) is 95.6 Å². The average Bonchev–Trinajstić information content (AvgIpc) is 2.69. The molecule has 0 aliphatic rings. The molecule has 26 heavy (non-hydrogen) atoms. The molecule has 128 valence electrons. The van der Waals surface area contributed by atoms with Crippen molar-refractivity contribution in [3.63, 3.8) is 0 Å². The van der Waals surface area contributed by atoms with Crippen molar-refractivity contribution in [3.8, 4) is 11.8 Å². The second-order valence-electron chi connectivity index (χ2n) is 5.90. The zero-order chi connectivity index (χ0) is 18.4. The molecule has 0 spiro atoms. The first-order chi connectivity index (χ1) is 12.7. The van der Waals surface area contributed by atoms with Crippen molar-refractivity contribution in [1.82, 2.24) is 0 Å². The van der Waals surface area contributed by atoms with Gasteiger partial charge in [0.1, 0.15) is 5.75 Å². The van der Waals surface area contributed by atoms with E-state index in [1.807, 2.05) is 61.5 Å². The molecule has 0 saturated heterocycles. The number of ether oxygens (including phenoxy) is 1. The van der Waals surface area contributed by atoms with Gasteiger partial charge in [0.15, 0.2) is 0 Å². The third-order valence-corrected chi connectivity index (χ3v) is 3.90. The summed E-state index contributed by atoms with van der Waals surface area (Å²) in [5, 5.41) is 11.8. The molecule has 0 aliphatic carbocycles. The third-order valence-electron chi connectivity index (χ3n) is 3.90. The summed E-state index contributed by atoms with van der Waals surface area (Å²) < 4.78 is 5.94. The molecule has 0 unspecified atom stereocenters. The number of aryl methyl sites for hydroxylation is 1. The number of amides is 1. The Morgan fingerprint density at radius 1 is 0.962 bits per heavy atom. The van der Waals surface area contributed by atoms with Gasteiger partial charge in [-0.2, -0.15) is 5.26 Å². The summed E-state index contributed by atoms with van der Waals surface area (Å²) in [4.78, 5) is 12.8. The molecule has 3 aromatic carbocycles. The number of hydrogen-bond donors (Lipinski definition) is 1. The normalized spacial score (nSPS) is 11.2. The van der Waals surface area contributed by atoms with E-state index < -0.39 is 6.10 Å². The van der Waals surface area contributed by atoms with E-state index in [4.69, 9.17) is 10.00 Å². The van der Waals surface area contributed by atoms with Crippen LogP contribution in [0.2, 0.25) is 0 Å². The fourth-order valence-corrected chi connectivity index (χ4v) is 2.49. The van der Waals surface area contributed by atoms with E-state index in [0.29, 0.717) is 17.0 Å². The standard InChI is InChI=1S/C22H18N2O2/c1-16-7-11-19(12-8-16)24-22(25)21(18-5-3-2-4-6-18)26-20-13-9-17(15-23)10-14-20/h2-14,21H,1H3,(H,24,25)/t21-/m0/s1. The highest BCUT2D eigenvalue weighted by Gasteiger charge is 2.22. The SMILES string of the molecule is Cc1ccc(NC(=O)[C@@H](Oc2ccc(C#N)cc2)c2ccccc2)cc1. The van der Waals surface area contributed by atoms with Gasteiger partial charge in [-0.05, 0) is 43.3 Å². The summed E-state index contributed by atoms with van der Waals surface area (Å²) in [6.45, 7) is 1.99. The molecule has 0 heterocycles. The molecule has 0 fully saturated rings. The lowest BCUT2D eigenvalue weighted by Gasteiger charge is -2.19. The number of hydrogen-bond acceptors (Lipinski definition) is 3. The molecule has 0 radical (unpaired) electrons. The Balaban J connectivity index is 1.84. The first-order valence-electron chi connectivity index (χ1n) is 8.25. The van der Waals surface area contributed by atoms with Crippen molar-refractivity contribution in [2.75, 3.05) is 5.32 Å². The maximum absolute atomic E-state index is 12.8. The van der Waals surface area contributed by atoms with Gasteiger partial charge in [0.25, 0.3) is 5.91 Å². The van der Waals surface area contributed by atoms with Crippen LogP contribution in [0.25, 0.3) is 0 Å². The predicted molar refractivity (Wildman–Crippen MR) is 101 cm³/mol. The Labute approximate surface area is 152 Å². The Morgan fingerprint density at radius 2 is 1.62 bits per heavy atom. The molecular weight excluding hydrogens is 324 g/mol. The van der Waals surface area contributed by atoms with E-state index in [2.05, 4.69) is 11.4 Å². The van der Waals surface area contributed by atoms with Gasteiger partial charge in [-0.3, -0.25) is 4.79 Å². The number of nitrogens with zero attached hydrogens (tertiary/aromatic N) is 1. The molecule has 1 atom stereocenters. The van der Waals surface area contributed by atoms with E-state index in [1.54, 1.807) is 24.3 Å². The molecule has 4 heteroatoms. The summed E-state index contributed by atoms with van der Waals surface area (Å²) >= 11 is 0. The highest BCUT2D eigenvalue weighted by Crippen LogP contribution is 2.24. The topological polar surface area (TPSA) is 62.1 Å². The Bertz CT molecular complexity index is 911. The van der Waals surface area contributed by atoms with Crippen LogP contribution in [0.4, 0.5) is 5.69 Å². The number of rotatable bonds is 5. The molecule has 3 aromatic rings. The fraction of sp³-hybridized carbons (Fsp3) is 0.0909. The monoisotopic (exact) mass is 342 g/mol. The van der Waals surface area contributed by atoms with Crippen molar-refractivity contribution in [2.24, 2.45) is 0 Å². The van der Waals surface area contributed by atoms with E-state index in [1.165, 1.54) is 0 Å². The number of carbonyl (C=O) groups is 1. The van der Waals surface area contributed by atoms with Gasteiger partial charge in [0.2, 0.25) is 6.10 Å². The van der Waals surface area contributed by atoms with Crippen molar-refractivity contribution >= 4 is 11.6 Å². The van der Waals surface area contributed by atoms with Crippen LogP contribution in [0.1, 0.15) is 22.8 Å². The summed E-state index contributed by atoms with van der Waals surface area (Å²) in [6.07, 6.45) is -0.801. The zero-order valence-electron chi connectivity index (χ0n) is 14.3. The zero-order valence-corrected chi connectivity index (χ0v) is 14.3. The van der Waals surface area contributed by atoms with Crippen molar-refractivity contribution in [1.29, 1.82) is 5.26 Å². The smallest absolute Gasteiger partial charge is 0.270 e. The van der Waals surface area contributed by atoms with Crippen LogP contribution in [0, 0.1) is 18.3 Å². The fourth-order valence-electron chi connectivity index (χ4n) is 2.49. The quantitative estimate of drug-likeness (QED) is 0.735. The molecule has 1 N–H and O–H groups in total. The van der Waals surface area contributed by atoms with Gasteiger partial charge in [-0.15, -0.1) is 0 Å². The van der Waals surface area contributed by atoms with E-state index in [9.17, 15) is 4.79 Å². The van der Waals surface area contributed by atoms with Crippen molar-refractivity contribution in [2.45, 2.75) is 13.0 Å². The second kappa shape index (κ2) is 8.00. The third kappa shape index (κ3) is 4.28. The van der Waals surface area contributed by atoms with Crippen LogP contribution >= 0.6 is 0 Å². The van der Waals surface area contributed by atoms with Gasteiger partial charge >= 0.3 is 0 Å². The molecule has 1 amide bonds. The van der Waals surface area contributed by atoms with Crippen LogP contribution in [-0.2, 0) is 4.79 Å². The predicted octanol–water partition coefficient (Wildman–Crippen LogP) is 4.63. The van der Waals surface area contributed by atoms with Gasteiger partial charge < -0.3 is 10.1 Å². The minimum absolute atomic E-state index is 0.260. The minimum atomic E-state index is -0.801. The molecule has 4 nitrogen and oxygen atoms in total. The van der Waals surface area contributed by atoms with Gasteiger partial charge in [-0.1, -0.05) is 48.0 Å². The summed E-state index contributed by atoms with van der Waals surface area (Å²) in [5.74, 6) is 0.265. The van der Waals surface area contributed by atoms with Crippen LogP contribution < -0.4 is 10.1 Å². The van der Waals surface area contributed by atoms with Crippen LogP contribution in [0.5, 0.6) is 5.75 Å². The van der Waals surface area contributed by atoms with E-state index in [-0.39, 0.29) is 5.91 Å². The largest absolute Gasteiger partial charge is 0.476 e. The molecule has 0 bridgehead atoms. The lowest BCUT2D eigenvalue weighted by atomic mass is 10.1. The highest BCUT2D eigenvalue weighted by atomic mass is 16.5. The van der Waals surface area contributed by atoms with Crippen molar-refractivity contribution < 1.29 is 9.53 Å². The molecule has 0 saturated carbocycles. The second-order valence-corrected chi connectivity index (χ2v) is 5.90. The highest BCUT2D eigenvalue weighted by molar-refractivity contribution is 5.95. The minimum Gasteiger partial charge on any atom is -0.476 e. The molecule has 0 aliphatic heterocycles. The van der Waals surface area contributed by atoms with E-state index in [0.717, 1.165) is 11.1 Å². The van der Waals surface area contributed by atoms with Gasteiger partial charge in [0, 0.05) is 11.3 Å². The van der Waals surface area contributed by atoms with Gasteiger partial charge in [0.05, 0.1) is 11.6 Å². The van der Waals surface area contributed by atoms with Crippen LogP contribution in [0.15, 0.2) is 78.9 Å². The number of anilines is 1. The number of benzene rings is 3. The van der Waals surface area contributed by atoms with Crippen LogP contribution in [0.3, 0.4) is 0 Å². The molecule has 3 rings (SSSR count).